The van der Waals surface area contributed by atoms with Crippen molar-refractivity contribution in [3.63, 3.8) is 0 Å². The van der Waals surface area contributed by atoms with E-state index in [4.69, 9.17) is 15.3 Å². The van der Waals surface area contributed by atoms with Crippen LogP contribution >= 0.6 is 12.6 Å². The number of benzene rings is 1. The number of hydrogen-bond acceptors (Lipinski definition) is 4. The van der Waals surface area contributed by atoms with Gasteiger partial charge in [-0.3, -0.25) is 10.2 Å². The Morgan fingerprint density at radius 3 is 2.50 bits per heavy atom. The second kappa shape index (κ2) is 4.66. The third-order valence-electron chi connectivity index (χ3n) is 1.45. The Morgan fingerprint density at radius 2 is 2.00 bits per heavy atom. The predicted octanol–water partition coefficient (Wildman–Crippen LogP) is 1.43. The molecule has 1 aromatic carbocycles. The molecule has 0 fully saturated rings. The Labute approximate surface area is 86.4 Å². The van der Waals surface area contributed by atoms with Crippen LogP contribution in [0.25, 0.3) is 0 Å². The minimum Gasteiger partial charge on any atom is -0.480 e. The molecule has 0 saturated heterocycles. The van der Waals surface area contributed by atoms with E-state index in [2.05, 4.69) is 12.6 Å². The van der Waals surface area contributed by atoms with Gasteiger partial charge in [-0.25, -0.2) is 0 Å². The fourth-order valence-corrected chi connectivity index (χ4v) is 0.836. The maximum Gasteiger partial charge on any atom is 0.325 e. The van der Waals surface area contributed by atoms with Gasteiger partial charge in [-0.1, -0.05) is 18.2 Å². The Morgan fingerprint density at radius 1 is 1.43 bits per heavy atom. The highest BCUT2D eigenvalue weighted by atomic mass is 32.1. The second-order valence-electron chi connectivity index (χ2n) is 2.52. The average molecular weight is 211 g/mol. The van der Waals surface area contributed by atoms with Gasteiger partial charge in [0, 0.05) is 0 Å². The smallest absolute Gasteiger partial charge is 0.325 e. The summed E-state index contributed by atoms with van der Waals surface area (Å²) < 4.78 is 4.96. The van der Waals surface area contributed by atoms with Gasteiger partial charge in [-0.2, -0.15) is 12.6 Å². The minimum atomic E-state index is -1.23. The van der Waals surface area contributed by atoms with E-state index in [1.165, 1.54) is 0 Å². The largest absolute Gasteiger partial charge is 0.480 e. The van der Waals surface area contributed by atoms with Gasteiger partial charge in [0.15, 0.2) is 5.25 Å². The van der Waals surface area contributed by atoms with Gasteiger partial charge in [0.2, 0.25) is 5.90 Å². The Bertz CT molecular complexity index is 339. The van der Waals surface area contributed by atoms with Crippen LogP contribution in [0.5, 0.6) is 5.75 Å². The average Bonchev–Trinajstić information content (AvgIpc) is 2.18. The number of para-hydroxylation sites is 1. The zero-order chi connectivity index (χ0) is 10.6. The zero-order valence-electron chi connectivity index (χ0n) is 7.18. The standard InChI is InChI=1S/C9H9NO3S/c10-8(7(14)9(11)12)13-6-4-2-1-3-5-6/h1-5,7,10,14H,(H,11,12). The van der Waals surface area contributed by atoms with Gasteiger partial charge in [-0.15, -0.1) is 0 Å². The van der Waals surface area contributed by atoms with Crippen molar-refractivity contribution in [1.82, 2.24) is 0 Å². The van der Waals surface area contributed by atoms with Crippen LogP contribution in [0.1, 0.15) is 0 Å². The number of carbonyl (C=O) groups is 1. The second-order valence-corrected chi connectivity index (χ2v) is 3.04. The Balaban J connectivity index is 2.62. The number of thiol groups is 1. The summed E-state index contributed by atoms with van der Waals surface area (Å²) >= 11 is 3.70. The van der Waals surface area contributed by atoms with Crippen molar-refractivity contribution in [2.24, 2.45) is 0 Å². The molecule has 0 aliphatic carbocycles. The van der Waals surface area contributed by atoms with Crippen LogP contribution in [0, 0.1) is 5.41 Å². The summed E-state index contributed by atoms with van der Waals surface area (Å²) in [4.78, 5) is 10.4. The van der Waals surface area contributed by atoms with Gasteiger partial charge in [0.05, 0.1) is 0 Å². The van der Waals surface area contributed by atoms with Crippen molar-refractivity contribution in [2.75, 3.05) is 0 Å². The summed E-state index contributed by atoms with van der Waals surface area (Å²) in [5, 5.41) is 14.6. The summed E-state index contributed by atoms with van der Waals surface area (Å²) in [6.45, 7) is 0. The molecule has 74 valence electrons. The molecule has 0 radical (unpaired) electrons. The molecular weight excluding hydrogens is 202 g/mol. The fraction of sp³-hybridized carbons (Fsp3) is 0.111. The van der Waals surface area contributed by atoms with Crippen molar-refractivity contribution < 1.29 is 14.6 Å². The van der Waals surface area contributed by atoms with E-state index in [1.54, 1.807) is 30.3 Å². The molecule has 0 aromatic heterocycles. The molecule has 0 saturated carbocycles. The number of aliphatic carboxylic acids is 1. The summed E-state index contributed by atoms with van der Waals surface area (Å²) in [6, 6.07) is 8.54. The predicted molar refractivity (Wildman–Crippen MR) is 55.2 cm³/mol. The van der Waals surface area contributed by atoms with E-state index in [0.717, 1.165) is 0 Å². The molecule has 4 nitrogen and oxygen atoms in total. The van der Waals surface area contributed by atoms with Crippen molar-refractivity contribution in [2.45, 2.75) is 5.25 Å². The minimum absolute atomic E-state index is 0.396. The van der Waals surface area contributed by atoms with Crippen LogP contribution in [0.4, 0.5) is 0 Å². The first-order chi connectivity index (χ1) is 6.61. The summed E-state index contributed by atoms with van der Waals surface area (Å²) in [5.74, 6) is -1.17. The highest BCUT2D eigenvalue weighted by molar-refractivity contribution is 7.82. The molecule has 1 atom stereocenters. The van der Waals surface area contributed by atoms with Crippen LogP contribution in [0.3, 0.4) is 0 Å². The molecule has 1 aromatic rings. The molecule has 0 spiro atoms. The van der Waals surface area contributed by atoms with Crippen LogP contribution in [-0.2, 0) is 4.79 Å². The zero-order valence-corrected chi connectivity index (χ0v) is 8.07. The topological polar surface area (TPSA) is 70.4 Å². The van der Waals surface area contributed by atoms with Gasteiger partial charge in [0.25, 0.3) is 0 Å². The molecule has 1 unspecified atom stereocenters. The molecule has 0 bridgehead atoms. The van der Waals surface area contributed by atoms with Crippen molar-refractivity contribution in [3.8, 4) is 5.75 Å². The molecule has 5 heteroatoms. The molecule has 0 heterocycles. The maximum atomic E-state index is 10.4. The van der Waals surface area contributed by atoms with E-state index >= 15 is 0 Å². The summed E-state index contributed by atoms with van der Waals surface area (Å²) in [7, 11) is 0. The first-order valence-corrected chi connectivity index (χ1v) is 4.35. The molecule has 0 aliphatic rings. The molecule has 1 rings (SSSR count). The van der Waals surface area contributed by atoms with E-state index in [1.807, 2.05) is 0 Å². The van der Waals surface area contributed by atoms with Gasteiger partial charge in [0.1, 0.15) is 5.75 Å². The quantitative estimate of drug-likeness (QED) is 0.402. The van der Waals surface area contributed by atoms with Crippen LogP contribution in [0.15, 0.2) is 30.3 Å². The number of ether oxygens (including phenoxy) is 1. The fourth-order valence-electron chi connectivity index (χ4n) is 0.783. The lowest BCUT2D eigenvalue weighted by atomic mass is 10.3. The number of nitrogens with one attached hydrogen (secondary N) is 1. The Kier molecular flexibility index (Phi) is 3.53. The highest BCUT2D eigenvalue weighted by Crippen LogP contribution is 2.10. The normalized spacial score (nSPS) is 11.8. The molecule has 0 amide bonds. The lowest BCUT2D eigenvalue weighted by molar-refractivity contribution is -0.135. The monoisotopic (exact) mass is 211 g/mol. The van der Waals surface area contributed by atoms with Gasteiger partial charge >= 0.3 is 5.97 Å². The first kappa shape index (κ1) is 10.6. The van der Waals surface area contributed by atoms with Crippen molar-refractivity contribution >= 4 is 24.5 Å². The first-order valence-electron chi connectivity index (χ1n) is 3.83. The van der Waals surface area contributed by atoms with Gasteiger partial charge < -0.3 is 9.84 Å². The van der Waals surface area contributed by atoms with E-state index in [0.29, 0.717) is 5.75 Å². The van der Waals surface area contributed by atoms with Crippen LogP contribution in [0.2, 0.25) is 0 Å². The molecule has 14 heavy (non-hydrogen) atoms. The summed E-state index contributed by atoms with van der Waals surface area (Å²) in [5.41, 5.74) is 0. The highest BCUT2D eigenvalue weighted by Gasteiger charge is 2.19. The summed E-state index contributed by atoms with van der Waals surface area (Å²) in [6.07, 6.45) is 0. The molecular formula is C9H9NO3S. The Hall–Kier alpha value is -1.49. The third kappa shape index (κ3) is 2.77. The van der Waals surface area contributed by atoms with E-state index in [9.17, 15) is 4.79 Å². The number of rotatable bonds is 3. The van der Waals surface area contributed by atoms with Crippen LogP contribution < -0.4 is 4.74 Å². The van der Waals surface area contributed by atoms with E-state index in [-0.39, 0.29) is 0 Å². The van der Waals surface area contributed by atoms with Gasteiger partial charge in [-0.05, 0) is 12.1 Å². The van der Waals surface area contributed by atoms with E-state index < -0.39 is 17.1 Å². The number of carboxylic acid groups (broad SMARTS) is 1. The number of carboxylic acids is 1. The molecule has 0 aliphatic heterocycles. The lowest BCUT2D eigenvalue weighted by Gasteiger charge is -2.08. The number of hydrogen-bond donors (Lipinski definition) is 3. The molecule has 2 N–H and O–H groups in total. The SMILES string of the molecule is N=C(Oc1ccccc1)C(S)C(=O)O. The lowest BCUT2D eigenvalue weighted by Crippen LogP contribution is -2.27. The van der Waals surface area contributed by atoms with Crippen LogP contribution in [-0.4, -0.2) is 22.2 Å². The third-order valence-corrected chi connectivity index (χ3v) is 1.91. The van der Waals surface area contributed by atoms with Crippen molar-refractivity contribution in [3.05, 3.63) is 30.3 Å². The maximum absolute atomic E-state index is 10.4. The van der Waals surface area contributed by atoms with Crippen molar-refractivity contribution in [1.29, 1.82) is 5.41 Å².